The number of methoxy groups -OCH3 is 2. The van der Waals surface area contributed by atoms with Crippen molar-refractivity contribution in [3.05, 3.63) is 72.9 Å². The summed E-state index contributed by atoms with van der Waals surface area (Å²) in [6.07, 6.45) is 3.51. The van der Waals surface area contributed by atoms with Crippen LogP contribution in [0.1, 0.15) is 5.89 Å². The number of ether oxygens (including phenoxy) is 2. The summed E-state index contributed by atoms with van der Waals surface area (Å²) < 4.78 is 16.6. The zero-order valence-electron chi connectivity index (χ0n) is 16.0. The molecule has 0 saturated carbocycles. The topological polar surface area (TPSA) is 70.3 Å². The van der Waals surface area contributed by atoms with Gasteiger partial charge in [0.15, 0.2) is 5.76 Å². The second-order valence-electron chi connectivity index (χ2n) is 6.06. The Kier molecular flexibility index (Phi) is 5.76. The third-order valence-corrected chi connectivity index (χ3v) is 5.15. The van der Waals surface area contributed by atoms with Crippen LogP contribution in [0.25, 0.3) is 22.6 Å². The molecule has 0 radical (unpaired) electrons. The summed E-state index contributed by atoms with van der Waals surface area (Å²) in [6, 6.07) is 17.3. The first kappa shape index (κ1) is 19.0. The van der Waals surface area contributed by atoms with Crippen molar-refractivity contribution in [2.75, 3.05) is 14.2 Å². The van der Waals surface area contributed by atoms with Gasteiger partial charge >= 0.3 is 0 Å². The van der Waals surface area contributed by atoms with Gasteiger partial charge in [-0.15, -0.1) is 0 Å². The Labute approximate surface area is 173 Å². The minimum Gasteiger partial charge on any atom is -0.497 e. The zero-order chi connectivity index (χ0) is 20.1. The van der Waals surface area contributed by atoms with Crippen molar-refractivity contribution in [1.29, 1.82) is 0 Å². The van der Waals surface area contributed by atoms with Crippen molar-refractivity contribution in [3.63, 3.8) is 0 Å². The lowest BCUT2D eigenvalue weighted by molar-refractivity contribution is 0.398. The fraction of sp³-hybridized carbons (Fsp3) is 0.136. The molecule has 0 atom stereocenters. The summed E-state index contributed by atoms with van der Waals surface area (Å²) in [4.78, 5) is 13.4. The normalized spacial score (nSPS) is 10.7. The van der Waals surface area contributed by atoms with Crippen LogP contribution in [0.3, 0.4) is 0 Å². The minimum absolute atomic E-state index is 0.550. The fourth-order valence-electron chi connectivity index (χ4n) is 2.77. The quantitative estimate of drug-likeness (QED) is 0.396. The van der Waals surface area contributed by atoms with Crippen molar-refractivity contribution < 1.29 is 13.9 Å². The maximum Gasteiger partial charge on any atom is 0.212 e. The van der Waals surface area contributed by atoms with E-state index in [-0.39, 0.29) is 0 Å². The molecule has 0 aliphatic carbocycles. The molecule has 0 spiro atoms. The van der Waals surface area contributed by atoms with Gasteiger partial charge in [-0.2, -0.15) is 0 Å². The molecule has 6 nitrogen and oxygen atoms in total. The number of nitrogens with zero attached hydrogens (tertiary/aromatic N) is 3. The van der Waals surface area contributed by atoms with Crippen LogP contribution in [-0.2, 0) is 5.75 Å². The smallest absolute Gasteiger partial charge is 0.212 e. The monoisotopic (exact) mass is 405 g/mol. The van der Waals surface area contributed by atoms with E-state index in [9.17, 15) is 0 Å². The van der Waals surface area contributed by atoms with Gasteiger partial charge in [0.25, 0.3) is 0 Å². The molecule has 0 aliphatic rings. The molecule has 3 aromatic heterocycles. The number of pyridine rings is 2. The highest BCUT2D eigenvalue weighted by Crippen LogP contribution is 2.35. The van der Waals surface area contributed by atoms with E-state index in [1.807, 2.05) is 54.6 Å². The van der Waals surface area contributed by atoms with E-state index in [1.165, 1.54) is 0 Å². The number of hydrogen-bond acceptors (Lipinski definition) is 7. The number of aromatic nitrogens is 3. The fourth-order valence-corrected chi connectivity index (χ4v) is 3.47. The predicted molar refractivity (Wildman–Crippen MR) is 112 cm³/mol. The van der Waals surface area contributed by atoms with E-state index in [0.717, 1.165) is 27.6 Å². The van der Waals surface area contributed by atoms with Crippen molar-refractivity contribution in [1.82, 2.24) is 15.0 Å². The first-order chi connectivity index (χ1) is 14.3. The van der Waals surface area contributed by atoms with Crippen LogP contribution in [-0.4, -0.2) is 29.2 Å². The first-order valence-corrected chi connectivity index (χ1v) is 9.94. The summed E-state index contributed by atoms with van der Waals surface area (Å²) in [5.41, 5.74) is 2.51. The molecule has 3 heterocycles. The third-order valence-electron chi connectivity index (χ3n) is 4.22. The molecule has 0 saturated heterocycles. The first-order valence-electron chi connectivity index (χ1n) is 8.95. The highest BCUT2D eigenvalue weighted by Gasteiger charge is 2.18. The van der Waals surface area contributed by atoms with E-state index < -0.39 is 0 Å². The van der Waals surface area contributed by atoms with Crippen LogP contribution < -0.4 is 9.47 Å². The van der Waals surface area contributed by atoms with E-state index in [0.29, 0.717) is 23.3 Å². The van der Waals surface area contributed by atoms with Gasteiger partial charge in [-0.1, -0.05) is 17.8 Å². The van der Waals surface area contributed by atoms with Crippen molar-refractivity contribution >= 4 is 11.8 Å². The average Bonchev–Trinajstić information content (AvgIpc) is 3.23. The minimum atomic E-state index is 0.550. The number of oxazole rings is 1. The number of thioether (sulfide) groups is 1. The lowest BCUT2D eigenvalue weighted by atomic mass is 10.1. The number of rotatable bonds is 7. The Bertz CT molecular complexity index is 1000. The van der Waals surface area contributed by atoms with Crippen molar-refractivity contribution in [2.45, 2.75) is 10.8 Å². The maximum atomic E-state index is 6.15. The van der Waals surface area contributed by atoms with Crippen LogP contribution in [0.5, 0.6) is 11.6 Å². The molecule has 7 heteroatoms. The summed E-state index contributed by atoms with van der Waals surface area (Å²) in [5.74, 6) is 3.22. The van der Waals surface area contributed by atoms with Gasteiger partial charge in [-0.25, -0.2) is 15.0 Å². The highest BCUT2D eigenvalue weighted by atomic mass is 32.2. The molecule has 4 aromatic rings. The number of benzene rings is 1. The third kappa shape index (κ3) is 4.41. The van der Waals surface area contributed by atoms with E-state index in [4.69, 9.17) is 18.9 Å². The molecule has 1 aromatic carbocycles. The van der Waals surface area contributed by atoms with Crippen molar-refractivity contribution in [2.24, 2.45) is 0 Å². The van der Waals surface area contributed by atoms with Crippen LogP contribution in [0, 0.1) is 0 Å². The van der Waals surface area contributed by atoms with Crippen LogP contribution >= 0.6 is 11.8 Å². The SMILES string of the molecule is COc1ccc(-c2oc(CSc3ccccn3)nc2-c2ccc(OC)nc2)cc1. The Balaban J connectivity index is 1.68. The molecular formula is C22H19N3O3S. The van der Waals surface area contributed by atoms with Gasteiger partial charge in [-0.05, 0) is 42.5 Å². The molecular weight excluding hydrogens is 386 g/mol. The molecule has 0 bridgehead atoms. The Morgan fingerprint density at radius 1 is 0.897 bits per heavy atom. The van der Waals surface area contributed by atoms with E-state index >= 15 is 0 Å². The van der Waals surface area contributed by atoms with E-state index in [1.54, 1.807) is 38.4 Å². The Hall–Kier alpha value is -3.32. The Morgan fingerprint density at radius 2 is 1.72 bits per heavy atom. The second kappa shape index (κ2) is 8.79. The van der Waals surface area contributed by atoms with Gasteiger partial charge < -0.3 is 13.9 Å². The second-order valence-corrected chi connectivity index (χ2v) is 7.06. The van der Waals surface area contributed by atoms with Gasteiger partial charge in [0.1, 0.15) is 11.4 Å². The molecule has 4 rings (SSSR count). The zero-order valence-corrected chi connectivity index (χ0v) is 16.8. The van der Waals surface area contributed by atoms with Gasteiger partial charge in [-0.3, -0.25) is 0 Å². The predicted octanol–water partition coefficient (Wildman–Crippen LogP) is 5.11. The summed E-state index contributed by atoms with van der Waals surface area (Å²) in [7, 11) is 3.23. The maximum absolute atomic E-state index is 6.15. The molecule has 0 unspecified atom stereocenters. The highest BCUT2D eigenvalue weighted by molar-refractivity contribution is 7.98. The molecule has 29 heavy (non-hydrogen) atoms. The van der Waals surface area contributed by atoms with Gasteiger partial charge in [0, 0.05) is 29.6 Å². The molecule has 0 aliphatic heterocycles. The Morgan fingerprint density at radius 3 is 2.38 bits per heavy atom. The molecule has 0 N–H and O–H groups in total. The summed E-state index contributed by atoms with van der Waals surface area (Å²) >= 11 is 1.58. The lowest BCUT2D eigenvalue weighted by Gasteiger charge is -2.04. The van der Waals surface area contributed by atoms with Gasteiger partial charge in [0.05, 0.1) is 25.0 Å². The summed E-state index contributed by atoms with van der Waals surface area (Å²) in [6.45, 7) is 0. The largest absolute Gasteiger partial charge is 0.497 e. The summed E-state index contributed by atoms with van der Waals surface area (Å²) in [5, 5.41) is 0.921. The van der Waals surface area contributed by atoms with Crippen LogP contribution in [0.15, 0.2) is 76.4 Å². The molecule has 0 fully saturated rings. The molecule has 146 valence electrons. The molecule has 0 amide bonds. The van der Waals surface area contributed by atoms with Gasteiger partial charge in [0.2, 0.25) is 11.8 Å². The standard InChI is InChI=1S/C22H19N3O3S/c1-26-17-9-6-15(7-10-17)22-21(16-8-11-18(27-2)24-13-16)25-19(28-22)14-29-20-5-3-4-12-23-20/h3-13H,14H2,1-2H3. The van der Waals surface area contributed by atoms with Crippen molar-refractivity contribution in [3.8, 4) is 34.2 Å². The van der Waals surface area contributed by atoms with E-state index in [2.05, 4.69) is 9.97 Å². The van der Waals surface area contributed by atoms with Crippen LogP contribution in [0.4, 0.5) is 0 Å². The van der Waals surface area contributed by atoms with Crippen LogP contribution in [0.2, 0.25) is 0 Å². The number of hydrogen-bond donors (Lipinski definition) is 0. The lowest BCUT2D eigenvalue weighted by Crippen LogP contribution is -1.89. The average molecular weight is 405 g/mol.